The summed E-state index contributed by atoms with van der Waals surface area (Å²) in [5.74, 6) is 0.733. The van der Waals surface area contributed by atoms with Gasteiger partial charge in [-0.05, 0) is 30.5 Å². The van der Waals surface area contributed by atoms with E-state index in [1.807, 2.05) is 60.1 Å². The number of ether oxygens (including phenoxy) is 1. The topological polar surface area (TPSA) is 79.9 Å². The van der Waals surface area contributed by atoms with Gasteiger partial charge in [-0.3, -0.25) is 0 Å². The van der Waals surface area contributed by atoms with Crippen LogP contribution in [-0.4, -0.2) is 32.8 Å². The number of halogens is 1. The minimum atomic E-state index is -0.660. The van der Waals surface area contributed by atoms with Crippen LogP contribution in [0.15, 0.2) is 67.1 Å². The second kappa shape index (κ2) is 9.94. The van der Waals surface area contributed by atoms with Crippen LogP contribution >= 0.6 is 0 Å². The molecule has 0 bridgehead atoms. The maximum Gasteiger partial charge on any atom is 0.255 e. The molecule has 0 spiro atoms. The van der Waals surface area contributed by atoms with E-state index in [2.05, 4.69) is 26.2 Å². The lowest BCUT2D eigenvalue weighted by atomic mass is 9.93. The third-order valence-electron chi connectivity index (χ3n) is 6.43. The number of hydrogen-bond acceptors (Lipinski definition) is 6. The standard InChI is InChI=1S/C27H25FN6O/c1-33-18-31-32-27(33)20-10-12-34(13-11-20)25-21(15-29)8-5-9-23(25)22-14-24(26(28)30-16-22)35-17-19-6-3-2-4-7-19/h2-9,14,16,18,20H,10-13,17H2,1H3. The Labute approximate surface area is 203 Å². The molecule has 0 N–H and O–H groups in total. The van der Waals surface area contributed by atoms with Gasteiger partial charge in [-0.15, -0.1) is 10.2 Å². The van der Waals surface area contributed by atoms with Crippen molar-refractivity contribution in [3.05, 3.63) is 90.0 Å². The Morgan fingerprint density at radius 2 is 1.91 bits per heavy atom. The summed E-state index contributed by atoms with van der Waals surface area (Å²) in [6.45, 7) is 1.79. The molecule has 8 heteroatoms. The summed E-state index contributed by atoms with van der Waals surface area (Å²) >= 11 is 0. The van der Waals surface area contributed by atoms with E-state index in [0.717, 1.165) is 48.6 Å². The van der Waals surface area contributed by atoms with E-state index in [4.69, 9.17) is 4.74 Å². The van der Waals surface area contributed by atoms with Gasteiger partial charge in [-0.1, -0.05) is 42.5 Å². The Balaban J connectivity index is 1.42. The summed E-state index contributed by atoms with van der Waals surface area (Å²) < 4.78 is 22.2. The lowest BCUT2D eigenvalue weighted by Gasteiger charge is -2.35. The van der Waals surface area contributed by atoms with E-state index in [1.54, 1.807) is 12.4 Å². The van der Waals surface area contributed by atoms with Crippen molar-refractivity contribution in [1.29, 1.82) is 5.26 Å². The number of anilines is 1. The van der Waals surface area contributed by atoms with Crippen molar-refractivity contribution in [3.63, 3.8) is 0 Å². The maximum absolute atomic E-state index is 14.5. The van der Waals surface area contributed by atoms with E-state index >= 15 is 0 Å². The van der Waals surface area contributed by atoms with Gasteiger partial charge in [0.15, 0.2) is 5.75 Å². The van der Waals surface area contributed by atoms with Crippen LogP contribution in [0.5, 0.6) is 5.75 Å². The molecule has 0 saturated carbocycles. The number of aryl methyl sites for hydroxylation is 1. The average molecular weight is 469 g/mol. The largest absolute Gasteiger partial charge is 0.484 e. The molecule has 7 nitrogen and oxygen atoms in total. The second-order valence-electron chi connectivity index (χ2n) is 8.66. The summed E-state index contributed by atoms with van der Waals surface area (Å²) in [7, 11) is 1.96. The molecule has 1 aliphatic rings. The zero-order valence-corrected chi connectivity index (χ0v) is 19.4. The quantitative estimate of drug-likeness (QED) is 0.376. The van der Waals surface area contributed by atoms with Gasteiger partial charge in [-0.25, -0.2) is 4.98 Å². The molecule has 2 aromatic carbocycles. The van der Waals surface area contributed by atoms with Crippen LogP contribution in [0.3, 0.4) is 0 Å². The fourth-order valence-electron chi connectivity index (χ4n) is 4.64. The number of para-hydroxylation sites is 1. The molecule has 2 aromatic heterocycles. The Hall–Kier alpha value is -4.25. The Bertz CT molecular complexity index is 1360. The first-order chi connectivity index (χ1) is 17.1. The molecule has 1 aliphatic heterocycles. The number of hydrogen-bond donors (Lipinski definition) is 0. The second-order valence-corrected chi connectivity index (χ2v) is 8.66. The van der Waals surface area contributed by atoms with Gasteiger partial charge in [0.1, 0.15) is 24.8 Å². The Kier molecular flexibility index (Phi) is 6.40. The molecule has 1 saturated heterocycles. The Morgan fingerprint density at radius 3 is 2.63 bits per heavy atom. The number of pyridine rings is 1. The first-order valence-electron chi connectivity index (χ1n) is 11.6. The van der Waals surface area contributed by atoms with Crippen molar-refractivity contribution in [2.45, 2.75) is 25.4 Å². The third kappa shape index (κ3) is 4.71. The molecule has 5 rings (SSSR count). The molecule has 0 unspecified atom stereocenters. The molecule has 0 radical (unpaired) electrons. The van der Waals surface area contributed by atoms with E-state index in [9.17, 15) is 9.65 Å². The lowest BCUT2D eigenvalue weighted by Crippen LogP contribution is -2.34. The van der Waals surface area contributed by atoms with Crippen molar-refractivity contribution >= 4 is 5.69 Å². The van der Waals surface area contributed by atoms with Crippen LogP contribution in [0.1, 0.15) is 35.7 Å². The van der Waals surface area contributed by atoms with E-state index in [-0.39, 0.29) is 12.4 Å². The van der Waals surface area contributed by atoms with Gasteiger partial charge in [0.2, 0.25) is 0 Å². The fourth-order valence-corrected chi connectivity index (χ4v) is 4.64. The highest BCUT2D eigenvalue weighted by Gasteiger charge is 2.27. The van der Waals surface area contributed by atoms with Gasteiger partial charge >= 0.3 is 0 Å². The summed E-state index contributed by atoms with van der Waals surface area (Å²) in [5.41, 5.74) is 3.90. The van der Waals surface area contributed by atoms with Gasteiger partial charge in [-0.2, -0.15) is 9.65 Å². The maximum atomic E-state index is 14.5. The summed E-state index contributed by atoms with van der Waals surface area (Å²) in [6.07, 6.45) is 5.03. The van der Waals surface area contributed by atoms with Gasteiger partial charge in [0.05, 0.1) is 11.3 Å². The number of nitriles is 1. The number of piperidine rings is 1. The molecular weight excluding hydrogens is 443 g/mol. The summed E-state index contributed by atoms with van der Waals surface area (Å²) in [6, 6.07) is 19.2. The number of rotatable bonds is 6. The zero-order valence-electron chi connectivity index (χ0n) is 19.4. The monoisotopic (exact) mass is 468 g/mol. The van der Waals surface area contributed by atoms with Crippen molar-refractivity contribution in [2.24, 2.45) is 7.05 Å². The first-order valence-corrected chi connectivity index (χ1v) is 11.6. The molecule has 176 valence electrons. The highest BCUT2D eigenvalue weighted by Crippen LogP contribution is 2.38. The normalized spacial score (nSPS) is 14.0. The van der Waals surface area contributed by atoms with Gasteiger partial charge < -0.3 is 14.2 Å². The third-order valence-corrected chi connectivity index (χ3v) is 6.43. The number of aromatic nitrogens is 4. The number of benzene rings is 2. The molecule has 0 atom stereocenters. The van der Waals surface area contributed by atoms with Crippen molar-refractivity contribution in [3.8, 4) is 22.9 Å². The molecule has 1 fully saturated rings. The predicted molar refractivity (Wildman–Crippen MR) is 130 cm³/mol. The van der Waals surface area contributed by atoms with Gasteiger partial charge in [0.25, 0.3) is 5.95 Å². The molecule has 0 aliphatic carbocycles. The van der Waals surface area contributed by atoms with Crippen LogP contribution in [-0.2, 0) is 13.7 Å². The average Bonchev–Trinajstić information content (AvgIpc) is 3.34. The lowest BCUT2D eigenvalue weighted by molar-refractivity contribution is 0.286. The predicted octanol–water partition coefficient (Wildman–Crippen LogP) is 4.85. The first kappa shape index (κ1) is 22.5. The minimum absolute atomic E-state index is 0.0839. The van der Waals surface area contributed by atoms with Crippen molar-refractivity contribution in [1.82, 2.24) is 19.7 Å². The fraction of sp³-hybridized carbons (Fsp3) is 0.259. The minimum Gasteiger partial charge on any atom is -0.484 e. The molecular formula is C27H25FN6O. The van der Waals surface area contributed by atoms with E-state index < -0.39 is 5.95 Å². The van der Waals surface area contributed by atoms with E-state index in [1.165, 1.54) is 6.20 Å². The molecule has 0 amide bonds. The smallest absolute Gasteiger partial charge is 0.255 e. The molecule has 4 aromatic rings. The summed E-state index contributed by atoms with van der Waals surface area (Å²) in [5, 5.41) is 18.2. The highest BCUT2D eigenvalue weighted by atomic mass is 19.1. The van der Waals surface area contributed by atoms with Crippen LogP contribution in [0.25, 0.3) is 11.1 Å². The molecule has 3 heterocycles. The van der Waals surface area contributed by atoms with Crippen LogP contribution in [0, 0.1) is 17.3 Å². The zero-order chi connectivity index (χ0) is 24.2. The molecule has 35 heavy (non-hydrogen) atoms. The highest BCUT2D eigenvalue weighted by molar-refractivity contribution is 5.83. The summed E-state index contributed by atoms with van der Waals surface area (Å²) in [4.78, 5) is 6.18. The Morgan fingerprint density at radius 1 is 1.11 bits per heavy atom. The van der Waals surface area contributed by atoms with Crippen molar-refractivity contribution < 1.29 is 9.13 Å². The van der Waals surface area contributed by atoms with Crippen LogP contribution in [0.2, 0.25) is 0 Å². The SMILES string of the molecule is Cn1cnnc1C1CCN(c2c(C#N)cccc2-c2cnc(F)c(OCc3ccccc3)c2)CC1. The van der Waals surface area contributed by atoms with Crippen LogP contribution in [0.4, 0.5) is 10.1 Å². The van der Waals surface area contributed by atoms with Gasteiger partial charge in [0, 0.05) is 43.4 Å². The van der Waals surface area contributed by atoms with E-state index in [0.29, 0.717) is 17.0 Å². The van der Waals surface area contributed by atoms with Crippen molar-refractivity contribution in [2.75, 3.05) is 18.0 Å². The van der Waals surface area contributed by atoms with Crippen LogP contribution < -0.4 is 9.64 Å². The number of nitrogens with zero attached hydrogens (tertiary/aromatic N) is 6.